The number of piperidine rings is 1. The zero-order chi connectivity index (χ0) is 22.3. The van der Waals surface area contributed by atoms with Gasteiger partial charge in [0, 0.05) is 57.0 Å². The number of amides is 1. The van der Waals surface area contributed by atoms with E-state index in [1.54, 1.807) is 0 Å². The number of carbonyl (C=O) groups is 1. The van der Waals surface area contributed by atoms with E-state index in [0.717, 1.165) is 63.4 Å². The monoisotopic (exact) mass is 431 g/mol. The first-order chi connectivity index (χ1) is 15.6. The number of likely N-dealkylation sites (tertiary alicyclic amines) is 1. The molecule has 6 nitrogen and oxygen atoms in total. The van der Waals surface area contributed by atoms with E-state index in [9.17, 15) is 4.79 Å². The topological polar surface area (TPSA) is 71.4 Å². The van der Waals surface area contributed by atoms with Crippen molar-refractivity contribution in [2.75, 3.05) is 38.0 Å². The Balaban J connectivity index is 1.21. The number of hydrogen-bond acceptors (Lipinski definition) is 5. The van der Waals surface area contributed by atoms with E-state index >= 15 is 0 Å². The van der Waals surface area contributed by atoms with Gasteiger partial charge in [0.25, 0.3) is 0 Å². The minimum atomic E-state index is 0.213. The van der Waals surface area contributed by atoms with E-state index < -0.39 is 0 Å². The fraction of sp³-hybridized carbons (Fsp3) is 0.462. The zero-order valence-corrected chi connectivity index (χ0v) is 18.9. The Morgan fingerprint density at radius 1 is 1.06 bits per heavy atom. The molecule has 0 unspecified atom stereocenters. The van der Waals surface area contributed by atoms with Crippen LogP contribution in [0.3, 0.4) is 0 Å². The van der Waals surface area contributed by atoms with Crippen molar-refractivity contribution in [1.29, 1.82) is 5.26 Å². The molecular formula is C26H33N5O. The van der Waals surface area contributed by atoms with Gasteiger partial charge in [0.2, 0.25) is 5.91 Å². The van der Waals surface area contributed by atoms with Crippen molar-refractivity contribution < 1.29 is 4.79 Å². The van der Waals surface area contributed by atoms with Gasteiger partial charge in [-0.25, -0.2) is 0 Å². The van der Waals surface area contributed by atoms with Crippen LogP contribution in [0.1, 0.15) is 36.5 Å². The summed E-state index contributed by atoms with van der Waals surface area (Å²) in [7, 11) is 0. The fourth-order valence-electron chi connectivity index (χ4n) is 4.61. The van der Waals surface area contributed by atoms with Crippen LogP contribution in [-0.4, -0.2) is 60.5 Å². The van der Waals surface area contributed by atoms with Crippen LogP contribution in [0.4, 0.5) is 5.69 Å². The highest BCUT2D eigenvalue weighted by molar-refractivity contribution is 5.78. The number of piperazine rings is 1. The second-order valence-electron chi connectivity index (χ2n) is 9.07. The van der Waals surface area contributed by atoms with Crippen molar-refractivity contribution >= 4 is 11.6 Å². The molecule has 2 aliphatic rings. The molecule has 2 aromatic carbocycles. The van der Waals surface area contributed by atoms with Gasteiger partial charge in [-0.3, -0.25) is 9.69 Å². The van der Waals surface area contributed by atoms with Crippen molar-refractivity contribution in [3.63, 3.8) is 0 Å². The molecular weight excluding hydrogens is 398 g/mol. The molecule has 0 spiro atoms. The predicted octanol–water partition coefficient (Wildman–Crippen LogP) is 3.00. The maximum absolute atomic E-state index is 12.8. The Kier molecular flexibility index (Phi) is 7.41. The second kappa shape index (κ2) is 10.6. The third-order valence-electron chi connectivity index (χ3n) is 6.47. The van der Waals surface area contributed by atoms with Gasteiger partial charge in [0.15, 0.2) is 0 Å². The van der Waals surface area contributed by atoms with Crippen LogP contribution >= 0.6 is 0 Å². The molecule has 0 bridgehead atoms. The average molecular weight is 432 g/mol. The minimum absolute atomic E-state index is 0.213. The molecule has 2 aromatic rings. The maximum Gasteiger partial charge on any atom is 0.226 e. The highest BCUT2D eigenvalue weighted by Gasteiger charge is 2.23. The lowest BCUT2D eigenvalue weighted by Crippen LogP contribution is -2.48. The van der Waals surface area contributed by atoms with Crippen molar-refractivity contribution in [2.24, 2.45) is 0 Å². The fourth-order valence-corrected chi connectivity index (χ4v) is 4.61. The zero-order valence-electron chi connectivity index (χ0n) is 18.9. The van der Waals surface area contributed by atoms with Crippen molar-refractivity contribution in [1.82, 2.24) is 15.1 Å². The standard InChI is InChI=1S/C26H33N5O/c1-20-18-30(15-12-28-20)19-23-4-2-21(3-5-23)16-26(32)31-13-10-25(11-14-31)29-24-8-6-22(17-27)7-9-24/h2-9,20,25,28-29H,10-16,18-19H2,1H3/t20-/m1/s1. The number of nitrogens with zero attached hydrogens (tertiary/aromatic N) is 3. The molecule has 1 amide bonds. The molecule has 0 aromatic heterocycles. The van der Waals surface area contributed by atoms with Crippen molar-refractivity contribution in [3.8, 4) is 6.07 Å². The number of benzene rings is 2. The Labute approximate surface area is 191 Å². The van der Waals surface area contributed by atoms with Crippen LogP contribution in [0, 0.1) is 11.3 Å². The van der Waals surface area contributed by atoms with E-state index in [1.165, 1.54) is 5.56 Å². The van der Waals surface area contributed by atoms with E-state index in [4.69, 9.17) is 5.26 Å². The molecule has 0 radical (unpaired) electrons. The highest BCUT2D eigenvalue weighted by Crippen LogP contribution is 2.18. The number of carbonyl (C=O) groups excluding carboxylic acids is 1. The molecule has 168 valence electrons. The summed E-state index contributed by atoms with van der Waals surface area (Å²) >= 11 is 0. The minimum Gasteiger partial charge on any atom is -0.382 e. The van der Waals surface area contributed by atoms with Crippen LogP contribution in [-0.2, 0) is 17.8 Å². The number of nitrogens with one attached hydrogen (secondary N) is 2. The van der Waals surface area contributed by atoms with E-state index in [2.05, 4.69) is 52.8 Å². The molecule has 4 rings (SSSR count). The predicted molar refractivity (Wildman–Crippen MR) is 127 cm³/mol. The molecule has 2 fully saturated rings. The van der Waals surface area contributed by atoms with Crippen LogP contribution in [0.2, 0.25) is 0 Å². The molecule has 0 aliphatic carbocycles. The first kappa shape index (κ1) is 22.3. The third kappa shape index (κ3) is 6.09. The maximum atomic E-state index is 12.8. The van der Waals surface area contributed by atoms with Gasteiger partial charge >= 0.3 is 0 Å². The lowest BCUT2D eigenvalue weighted by molar-refractivity contribution is -0.131. The first-order valence-electron chi connectivity index (χ1n) is 11.7. The summed E-state index contributed by atoms with van der Waals surface area (Å²) in [6.45, 7) is 7.98. The summed E-state index contributed by atoms with van der Waals surface area (Å²) < 4.78 is 0. The van der Waals surface area contributed by atoms with Gasteiger partial charge in [0.1, 0.15) is 0 Å². The molecule has 2 aliphatic heterocycles. The first-order valence-corrected chi connectivity index (χ1v) is 11.7. The molecule has 0 saturated carbocycles. The van der Waals surface area contributed by atoms with Crippen LogP contribution in [0.5, 0.6) is 0 Å². The van der Waals surface area contributed by atoms with Gasteiger partial charge in [-0.1, -0.05) is 24.3 Å². The number of hydrogen-bond donors (Lipinski definition) is 2. The smallest absolute Gasteiger partial charge is 0.226 e. The Morgan fingerprint density at radius 2 is 1.75 bits per heavy atom. The summed E-state index contributed by atoms with van der Waals surface area (Å²) in [5.74, 6) is 0.213. The SMILES string of the molecule is C[C@@H]1CN(Cc2ccc(CC(=O)N3CCC(Nc4ccc(C#N)cc4)CC3)cc2)CCN1. The van der Waals surface area contributed by atoms with Crippen LogP contribution in [0.15, 0.2) is 48.5 Å². The largest absolute Gasteiger partial charge is 0.382 e. The molecule has 1 atom stereocenters. The molecule has 6 heteroatoms. The summed E-state index contributed by atoms with van der Waals surface area (Å²) in [5, 5.41) is 15.9. The summed E-state index contributed by atoms with van der Waals surface area (Å²) in [4.78, 5) is 17.3. The van der Waals surface area contributed by atoms with Gasteiger partial charge in [-0.15, -0.1) is 0 Å². The summed E-state index contributed by atoms with van der Waals surface area (Å²) in [6, 6.07) is 19.2. The molecule has 2 heterocycles. The van der Waals surface area contributed by atoms with E-state index in [-0.39, 0.29) is 5.91 Å². The van der Waals surface area contributed by atoms with Gasteiger partial charge < -0.3 is 15.5 Å². The molecule has 32 heavy (non-hydrogen) atoms. The lowest BCUT2D eigenvalue weighted by atomic mass is 10.0. The highest BCUT2D eigenvalue weighted by atomic mass is 16.2. The van der Waals surface area contributed by atoms with Gasteiger partial charge in [0.05, 0.1) is 18.1 Å². The Bertz CT molecular complexity index is 926. The molecule has 2 N–H and O–H groups in total. The number of nitriles is 1. The van der Waals surface area contributed by atoms with Crippen LogP contribution in [0.25, 0.3) is 0 Å². The summed E-state index contributed by atoms with van der Waals surface area (Å²) in [6.07, 6.45) is 2.35. The second-order valence-corrected chi connectivity index (χ2v) is 9.07. The van der Waals surface area contributed by atoms with E-state index in [0.29, 0.717) is 24.1 Å². The summed E-state index contributed by atoms with van der Waals surface area (Å²) in [5.41, 5.74) is 4.10. The quantitative estimate of drug-likeness (QED) is 0.736. The average Bonchev–Trinajstić information content (AvgIpc) is 2.81. The van der Waals surface area contributed by atoms with Crippen LogP contribution < -0.4 is 10.6 Å². The van der Waals surface area contributed by atoms with Crippen molar-refractivity contribution in [2.45, 2.75) is 44.8 Å². The number of anilines is 1. The normalized spacial score (nSPS) is 20.0. The lowest BCUT2D eigenvalue weighted by Gasteiger charge is -2.33. The Hall–Kier alpha value is -2.88. The molecule has 2 saturated heterocycles. The third-order valence-corrected chi connectivity index (χ3v) is 6.47. The van der Waals surface area contributed by atoms with Gasteiger partial charge in [-0.2, -0.15) is 5.26 Å². The van der Waals surface area contributed by atoms with Crippen molar-refractivity contribution in [3.05, 3.63) is 65.2 Å². The Morgan fingerprint density at radius 3 is 2.41 bits per heavy atom. The van der Waals surface area contributed by atoms with Gasteiger partial charge in [-0.05, 0) is 55.2 Å². The van der Waals surface area contributed by atoms with E-state index in [1.807, 2.05) is 29.2 Å². The number of rotatable bonds is 6.